The van der Waals surface area contributed by atoms with Crippen LogP contribution >= 0.6 is 0 Å². The molecule has 3 saturated heterocycles. The molecule has 6 nitrogen and oxygen atoms in total. The number of rotatable bonds is 6. The first-order valence-corrected chi connectivity index (χ1v) is 11.8. The van der Waals surface area contributed by atoms with Crippen LogP contribution in [0.25, 0.3) is 0 Å². The number of nitrogens with zero attached hydrogens (tertiary/aromatic N) is 2. The summed E-state index contributed by atoms with van der Waals surface area (Å²) in [5.74, 6) is 1.39. The van der Waals surface area contributed by atoms with Gasteiger partial charge in [0.1, 0.15) is 12.4 Å². The third-order valence-corrected chi connectivity index (χ3v) is 7.05. The topological polar surface area (TPSA) is 51.2 Å². The molecule has 3 aliphatic rings. The lowest BCUT2D eigenvalue weighted by molar-refractivity contribution is 0.0187. The molecule has 0 unspecified atom stereocenters. The summed E-state index contributed by atoms with van der Waals surface area (Å²) in [5.41, 5.74) is 1.95. The van der Waals surface area contributed by atoms with Crippen LogP contribution in [0.2, 0.25) is 0 Å². The Labute approximate surface area is 190 Å². The van der Waals surface area contributed by atoms with E-state index in [4.69, 9.17) is 14.2 Å². The molecule has 6 heteroatoms. The smallest absolute Gasteiger partial charge is 0.257 e. The fourth-order valence-corrected chi connectivity index (χ4v) is 5.32. The van der Waals surface area contributed by atoms with E-state index >= 15 is 0 Å². The number of amides is 1. The number of benzene rings is 2. The van der Waals surface area contributed by atoms with Gasteiger partial charge in [-0.2, -0.15) is 0 Å². The SMILES string of the molecule is O=C(c1ccccc1OCCN1CCOCC1)N1C[C@H](c2ccccc2)[C@H]2COCC[C@H]21. The van der Waals surface area contributed by atoms with E-state index in [9.17, 15) is 4.79 Å². The van der Waals surface area contributed by atoms with Crippen molar-refractivity contribution in [3.8, 4) is 5.75 Å². The van der Waals surface area contributed by atoms with Crippen LogP contribution in [0.15, 0.2) is 54.6 Å². The first-order valence-electron chi connectivity index (χ1n) is 11.8. The Morgan fingerprint density at radius 3 is 2.59 bits per heavy atom. The van der Waals surface area contributed by atoms with Crippen LogP contribution in [0, 0.1) is 5.92 Å². The summed E-state index contributed by atoms with van der Waals surface area (Å²) in [5, 5.41) is 0. The van der Waals surface area contributed by atoms with Crippen molar-refractivity contribution in [2.75, 3.05) is 59.2 Å². The van der Waals surface area contributed by atoms with Crippen LogP contribution in [0.5, 0.6) is 5.75 Å². The van der Waals surface area contributed by atoms with Crippen LogP contribution in [0.3, 0.4) is 0 Å². The highest BCUT2D eigenvalue weighted by Gasteiger charge is 2.46. The van der Waals surface area contributed by atoms with Gasteiger partial charge in [0.15, 0.2) is 0 Å². The Hall–Kier alpha value is -2.41. The Kier molecular flexibility index (Phi) is 6.72. The zero-order chi connectivity index (χ0) is 21.8. The van der Waals surface area contributed by atoms with Crippen LogP contribution in [0.1, 0.15) is 28.3 Å². The highest BCUT2D eigenvalue weighted by Crippen LogP contribution is 2.42. The van der Waals surface area contributed by atoms with Gasteiger partial charge >= 0.3 is 0 Å². The van der Waals surface area contributed by atoms with E-state index in [0.29, 0.717) is 43.0 Å². The number of fused-ring (bicyclic) bond motifs is 1. The molecular formula is C26H32N2O4. The van der Waals surface area contributed by atoms with Gasteiger partial charge in [-0.3, -0.25) is 9.69 Å². The molecule has 5 rings (SSSR count). The van der Waals surface area contributed by atoms with Crippen molar-refractivity contribution in [2.24, 2.45) is 5.92 Å². The number of carbonyl (C=O) groups excluding carboxylic acids is 1. The minimum absolute atomic E-state index is 0.0716. The molecule has 0 bridgehead atoms. The Balaban J connectivity index is 1.31. The van der Waals surface area contributed by atoms with E-state index in [0.717, 1.165) is 45.8 Å². The molecule has 0 spiro atoms. The molecule has 3 heterocycles. The van der Waals surface area contributed by atoms with Crippen LogP contribution in [-0.2, 0) is 9.47 Å². The van der Waals surface area contributed by atoms with E-state index in [2.05, 4.69) is 34.1 Å². The molecule has 0 radical (unpaired) electrons. The van der Waals surface area contributed by atoms with Gasteiger partial charge in [-0.25, -0.2) is 0 Å². The fraction of sp³-hybridized carbons (Fsp3) is 0.500. The number of ether oxygens (including phenoxy) is 3. The van der Waals surface area contributed by atoms with E-state index in [1.165, 1.54) is 5.56 Å². The van der Waals surface area contributed by atoms with Gasteiger partial charge < -0.3 is 19.1 Å². The summed E-state index contributed by atoms with van der Waals surface area (Å²) in [6, 6.07) is 18.4. The summed E-state index contributed by atoms with van der Waals surface area (Å²) in [7, 11) is 0. The third kappa shape index (κ3) is 4.53. The fourth-order valence-electron chi connectivity index (χ4n) is 5.32. The molecule has 0 saturated carbocycles. The Morgan fingerprint density at radius 1 is 0.969 bits per heavy atom. The lowest BCUT2D eigenvalue weighted by atomic mass is 9.84. The minimum atomic E-state index is 0.0716. The minimum Gasteiger partial charge on any atom is -0.491 e. The molecule has 2 aromatic rings. The van der Waals surface area contributed by atoms with Crippen molar-refractivity contribution in [3.63, 3.8) is 0 Å². The monoisotopic (exact) mass is 436 g/mol. The quantitative estimate of drug-likeness (QED) is 0.697. The van der Waals surface area contributed by atoms with Crippen molar-refractivity contribution < 1.29 is 19.0 Å². The number of para-hydroxylation sites is 1. The van der Waals surface area contributed by atoms with Crippen LogP contribution in [-0.4, -0.2) is 81.0 Å². The normalized spacial score (nSPS) is 26.0. The number of hydrogen-bond donors (Lipinski definition) is 0. The van der Waals surface area contributed by atoms with Crippen molar-refractivity contribution in [1.29, 1.82) is 0 Å². The molecular weight excluding hydrogens is 404 g/mol. The van der Waals surface area contributed by atoms with Crippen LogP contribution < -0.4 is 4.74 Å². The van der Waals surface area contributed by atoms with Gasteiger partial charge in [0.2, 0.25) is 0 Å². The highest BCUT2D eigenvalue weighted by atomic mass is 16.5. The predicted molar refractivity (Wildman–Crippen MR) is 122 cm³/mol. The number of carbonyl (C=O) groups is 1. The van der Waals surface area contributed by atoms with Gasteiger partial charge in [-0.15, -0.1) is 0 Å². The maximum atomic E-state index is 13.7. The molecule has 0 aliphatic carbocycles. The van der Waals surface area contributed by atoms with Crippen molar-refractivity contribution in [1.82, 2.24) is 9.80 Å². The van der Waals surface area contributed by atoms with Gasteiger partial charge in [0.05, 0.1) is 25.4 Å². The molecule has 0 aromatic heterocycles. The first-order chi connectivity index (χ1) is 15.8. The zero-order valence-electron chi connectivity index (χ0n) is 18.5. The van der Waals surface area contributed by atoms with E-state index < -0.39 is 0 Å². The average molecular weight is 437 g/mol. The second-order valence-electron chi connectivity index (χ2n) is 8.87. The number of likely N-dealkylation sites (tertiary alicyclic amines) is 1. The molecule has 1 amide bonds. The number of morpholine rings is 1. The van der Waals surface area contributed by atoms with Crippen molar-refractivity contribution in [2.45, 2.75) is 18.4 Å². The molecule has 0 N–H and O–H groups in total. The van der Waals surface area contributed by atoms with Crippen molar-refractivity contribution >= 4 is 5.91 Å². The molecule has 3 atom stereocenters. The molecule has 3 fully saturated rings. The molecule has 3 aliphatic heterocycles. The Morgan fingerprint density at radius 2 is 1.75 bits per heavy atom. The largest absolute Gasteiger partial charge is 0.491 e. The second-order valence-corrected chi connectivity index (χ2v) is 8.87. The lowest BCUT2D eigenvalue weighted by Crippen LogP contribution is -2.42. The summed E-state index contributed by atoms with van der Waals surface area (Å²) >= 11 is 0. The predicted octanol–water partition coefficient (Wildman–Crippen LogP) is 3.04. The maximum absolute atomic E-state index is 13.7. The second kappa shape index (κ2) is 10.0. The van der Waals surface area contributed by atoms with Crippen molar-refractivity contribution in [3.05, 3.63) is 65.7 Å². The summed E-state index contributed by atoms with van der Waals surface area (Å²) in [6.45, 7) is 6.98. The third-order valence-electron chi connectivity index (χ3n) is 7.05. The van der Waals surface area contributed by atoms with Gasteiger partial charge in [-0.1, -0.05) is 42.5 Å². The van der Waals surface area contributed by atoms with E-state index in [1.54, 1.807) is 0 Å². The van der Waals surface area contributed by atoms with E-state index in [-0.39, 0.29) is 11.9 Å². The maximum Gasteiger partial charge on any atom is 0.257 e. The standard InChI is InChI=1S/C26H32N2O4/c29-26(21-8-4-5-9-25(21)32-17-13-27-11-15-30-16-12-27)28-18-22(20-6-2-1-3-7-20)23-19-31-14-10-24(23)28/h1-9,22-24H,10-19H2/t22-,23-,24-/m1/s1. The highest BCUT2D eigenvalue weighted by molar-refractivity contribution is 5.97. The van der Waals surface area contributed by atoms with Gasteiger partial charge in [-0.05, 0) is 24.1 Å². The molecule has 2 aromatic carbocycles. The number of hydrogen-bond acceptors (Lipinski definition) is 5. The zero-order valence-corrected chi connectivity index (χ0v) is 18.5. The summed E-state index contributed by atoms with van der Waals surface area (Å²) in [6.07, 6.45) is 0.889. The lowest BCUT2D eigenvalue weighted by Gasteiger charge is -2.32. The molecule has 32 heavy (non-hydrogen) atoms. The summed E-state index contributed by atoms with van der Waals surface area (Å²) < 4.78 is 17.4. The van der Waals surface area contributed by atoms with Gasteiger partial charge in [0.25, 0.3) is 5.91 Å². The Bertz CT molecular complexity index is 900. The van der Waals surface area contributed by atoms with E-state index in [1.807, 2.05) is 30.3 Å². The first kappa shape index (κ1) is 21.4. The van der Waals surface area contributed by atoms with Gasteiger partial charge in [0, 0.05) is 50.7 Å². The average Bonchev–Trinajstić information content (AvgIpc) is 3.25. The summed E-state index contributed by atoms with van der Waals surface area (Å²) in [4.78, 5) is 18.2. The molecule has 170 valence electrons. The van der Waals surface area contributed by atoms with Crippen LogP contribution in [0.4, 0.5) is 0 Å².